The topological polar surface area (TPSA) is 0 Å². The molecule has 0 aliphatic carbocycles. The van der Waals surface area contributed by atoms with Gasteiger partial charge in [-0.15, -0.1) is 0 Å². The van der Waals surface area contributed by atoms with Crippen molar-refractivity contribution in [3.05, 3.63) is 0 Å². The summed E-state index contributed by atoms with van der Waals surface area (Å²) in [5.74, 6) is 0. The largest absolute Gasteiger partial charge is 0.0771 e. The average Bonchev–Trinajstić information content (AvgIpc) is 2.00. The molecule has 0 aliphatic rings. The molecule has 0 fully saturated rings. The highest BCUT2D eigenvalue weighted by molar-refractivity contribution is 7.69. The van der Waals surface area contributed by atoms with Gasteiger partial charge in [-0.25, -0.2) is 0 Å². The second kappa shape index (κ2) is 5.70. The Morgan fingerprint density at radius 3 is 1.30 bits per heavy atom. The van der Waals surface area contributed by atoms with Crippen LogP contribution in [0, 0.1) is 0 Å². The van der Waals surface area contributed by atoms with Crippen LogP contribution in [0.1, 0.15) is 0 Å². The first-order valence-electron chi connectivity index (χ1n) is 4.63. The van der Waals surface area contributed by atoms with Crippen LogP contribution in [0.25, 0.3) is 0 Å². The van der Waals surface area contributed by atoms with Gasteiger partial charge in [0.15, 0.2) is 0 Å². The molecule has 2 unspecified atom stereocenters. The van der Waals surface area contributed by atoms with E-state index in [4.69, 9.17) is 0 Å². The Bertz CT molecular complexity index is 76.1. The summed E-state index contributed by atoms with van der Waals surface area (Å²) in [6.07, 6.45) is 0. The maximum absolute atomic E-state index is 2.71. The highest BCUT2D eigenvalue weighted by Crippen LogP contribution is 1.94. The highest BCUT2D eigenvalue weighted by atomic mass is 29.9. The van der Waals surface area contributed by atoms with E-state index in [0.717, 1.165) is 0 Å². The van der Waals surface area contributed by atoms with Crippen molar-refractivity contribution < 1.29 is 0 Å². The van der Waals surface area contributed by atoms with Crippen molar-refractivity contribution in [2.45, 2.75) is 32.7 Å². The molecule has 0 rings (SSSR count). The fourth-order valence-corrected chi connectivity index (χ4v) is 85.4. The number of rotatable bonds is 4. The Labute approximate surface area is 74.4 Å². The quantitative estimate of drug-likeness (QED) is 0.544. The molecule has 0 aliphatic heterocycles. The minimum absolute atomic E-state index is 0.0108. The summed E-state index contributed by atoms with van der Waals surface area (Å²) in [7, 11) is 1.05. The zero-order chi connectivity index (χ0) is 8.15. The van der Waals surface area contributed by atoms with E-state index in [-0.39, 0.29) is 23.5 Å². The van der Waals surface area contributed by atoms with Gasteiger partial charge in [0.25, 0.3) is 0 Å². The van der Waals surface area contributed by atoms with Crippen LogP contribution in [-0.4, -0.2) is 41.6 Å². The molecule has 0 radical (unpaired) electrons. The van der Waals surface area contributed by atoms with Crippen LogP contribution in [0.4, 0.5) is 0 Å². The van der Waals surface area contributed by atoms with Crippen LogP contribution in [0.5, 0.6) is 0 Å². The second-order valence-corrected chi connectivity index (χ2v) is 44.6. The molecule has 0 spiro atoms. The Hall–Kier alpha value is 1.08. The Morgan fingerprint density at radius 1 is 0.800 bits per heavy atom. The third kappa shape index (κ3) is 3.47. The fourth-order valence-electron chi connectivity index (χ4n) is 1.30. The van der Waals surface area contributed by atoms with Gasteiger partial charge in [-0.1, -0.05) is 32.7 Å². The lowest BCUT2D eigenvalue weighted by Gasteiger charge is -2.19. The lowest BCUT2D eigenvalue weighted by molar-refractivity contribution is 2.16. The van der Waals surface area contributed by atoms with Crippen LogP contribution in [0.3, 0.4) is 0 Å². The SMILES string of the molecule is C[SiH2][SiH](C)[SiH](C)[SiH](C)[SiH2]C. The lowest BCUT2D eigenvalue weighted by atomic mass is 11.9. The van der Waals surface area contributed by atoms with Crippen molar-refractivity contribution in [1.82, 2.24) is 0 Å². The van der Waals surface area contributed by atoms with Crippen molar-refractivity contribution >= 4 is 41.6 Å². The van der Waals surface area contributed by atoms with Gasteiger partial charge in [-0.2, -0.15) is 0 Å². The van der Waals surface area contributed by atoms with Crippen molar-refractivity contribution in [2.75, 3.05) is 0 Å². The molecule has 0 aromatic carbocycles. The second-order valence-electron chi connectivity index (χ2n) is 3.63. The molecule has 2 atom stereocenters. The van der Waals surface area contributed by atoms with Crippen LogP contribution < -0.4 is 0 Å². The van der Waals surface area contributed by atoms with E-state index in [2.05, 4.69) is 32.7 Å². The summed E-state index contributed by atoms with van der Waals surface area (Å²) in [5.41, 5.74) is 0. The number of hydrogen-bond donors (Lipinski definition) is 0. The molecule has 0 aromatic rings. The van der Waals surface area contributed by atoms with Crippen LogP contribution in [-0.2, 0) is 0 Å². The Morgan fingerprint density at radius 2 is 1.10 bits per heavy atom. The molecular formula is C5H22Si5. The van der Waals surface area contributed by atoms with Crippen molar-refractivity contribution in [1.29, 1.82) is 0 Å². The minimum atomic E-state index is 0.0108. The maximum atomic E-state index is 2.71. The third-order valence-electron chi connectivity index (χ3n) is 3.08. The normalized spacial score (nSPS) is 22.5. The average molecular weight is 223 g/mol. The zero-order valence-electron chi connectivity index (χ0n) is 8.15. The summed E-state index contributed by atoms with van der Waals surface area (Å²) in [6, 6.07) is 0. The molecule has 0 N–H and O–H groups in total. The molecule has 0 bridgehead atoms. The van der Waals surface area contributed by atoms with E-state index < -0.39 is 0 Å². The summed E-state index contributed by atoms with van der Waals surface area (Å²) >= 11 is 0. The summed E-state index contributed by atoms with van der Waals surface area (Å²) < 4.78 is 0. The predicted octanol–water partition coefficient (Wildman–Crippen LogP) is -0.859. The van der Waals surface area contributed by atoms with E-state index in [9.17, 15) is 0 Å². The van der Waals surface area contributed by atoms with Gasteiger partial charge in [0, 0.05) is 41.6 Å². The van der Waals surface area contributed by atoms with Crippen molar-refractivity contribution in [3.8, 4) is 0 Å². The molecule has 0 saturated heterocycles. The van der Waals surface area contributed by atoms with Gasteiger partial charge in [-0.05, 0) is 0 Å². The van der Waals surface area contributed by atoms with Gasteiger partial charge in [0.05, 0.1) is 0 Å². The fraction of sp³-hybridized carbons (Fsp3) is 1.00. The molecule has 0 heterocycles. The predicted molar refractivity (Wildman–Crippen MR) is 67.9 cm³/mol. The Kier molecular flexibility index (Phi) is 6.32. The maximum Gasteiger partial charge on any atom is 0.0107 e. The zero-order valence-corrected chi connectivity index (χ0v) is 14.4. The van der Waals surface area contributed by atoms with Crippen LogP contribution in [0.15, 0.2) is 0 Å². The summed E-state index contributed by atoms with van der Waals surface area (Å²) in [6.45, 7) is 13.2. The highest BCUT2D eigenvalue weighted by Gasteiger charge is 2.19. The van der Waals surface area contributed by atoms with Gasteiger partial charge in [0.2, 0.25) is 0 Å². The standard InChI is InChI=1S/C5H22Si5/c1-6-8(3)10(5)9(4)7-2/h8-10H,6-7H2,1-5H3. The van der Waals surface area contributed by atoms with Crippen molar-refractivity contribution in [3.63, 3.8) is 0 Å². The van der Waals surface area contributed by atoms with E-state index in [1.54, 1.807) is 0 Å². The van der Waals surface area contributed by atoms with Gasteiger partial charge in [-0.3, -0.25) is 0 Å². The third-order valence-corrected chi connectivity index (χ3v) is 71.2. The van der Waals surface area contributed by atoms with Crippen molar-refractivity contribution in [2.24, 2.45) is 0 Å². The summed E-state index contributed by atoms with van der Waals surface area (Å²) in [4.78, 5) is 0. The molecule has 0 amide bonds. The van der Waals surface area contributed by atoms with E-state index in [1.165, 1.54) is 0 Å². The Balaban J connectivity index is 3.69. The van der Waals surface area contributed by atoms with Crippen LogP contribution >= 0.6 is 0 Å². The van der Waals surface area contributed by atoms with Crippen LogP contribution in [0.2, 0.25) is 32.7 Å². The lowest BCUT2D eigenvalue weighted by Crippen LogP contribution is -2.48. The van der Waals surface area contributed by atoms with E-state index in [1.807, 2.05) is 0 Å². The molecule has 0 aromatic heterocycles. The van der Waals surface area contributed by atoms with Gasteiger partial charge < -0.3 is 0 Å². The van der Waals surface area contributed by atoms with E-state index >= 15 is 0 Å². The van der Waals surface area contributed by atoms with E-state index in [0.29, 0.717) is 18.1 Å². The number of hydrogen-bond acceptors (Lipinski definition) is 0. The molecule has 0 nitrogen and oxygen atoms in total. The monoisotopic (exact) mass is 222 g/mol. The minimum Gasteiger partial charge on any atom is -0.0771 e. The molecule has 62 valence electrons. The first-order valence-corrected chi connectivity index (χ1v) is 22.8. The summed E-state index contributed by atoms with van der Waals surface area (Å²) in [5, 5.41) is 0. The molecule has 5 heteroatoms. The molecular weight excluding hydrogens is 200 g/mol. The molecule has 10 heavy (non-hydrogen) atoms. The first kappa shape index (κ1) is 11.1. The molecule has 0 saturated carbocycles. The van der Waals surface area contributed by atoms with Gasteiger partial charge in [0.1, 0.15) is 0 Å². The first-order chi connectivity index (χ1) is 4.63. The smallest absolute Gasteiger partial charge is 0.0107 e. The van der Waals surface area contributed by atoms with Gasteiger partial charge >= 0.3 is 0 Å².